The van der Waals surface area contributed by atoms with Crippen molar-refractivity contribution in [3.63, 3.8) is 0 Å². The minimum Gasteiger partial charge on any atom is -0.465 e. The van der Waals surface area contributed by atoms with Crippen LogP contribution in [0, 0.1) is 5.82 Å². The summed E-state index contributed by atoms with van der Waals surface area (Å²) in [5.74, 6) is -0.226. The highest BCUT2D eigenvalue weighted by Crippen LogP contribution is 2.33. The Morgan fingerprint density at radius 3 is 2.73 bits per heavy atom. The Morgan fingerprint density at radius 2 is 2.12 bits per heavy atom. The number of nitrogens with one attached hydrogen (secondary N) is 1. The van der Waals surface area contributed by atoms with Crippen molar-refractivity contribution in [1.82, 2.24) is 19.9 Å². The largest absolute Gasteiger partial charge is 0.465 e. The van der Waals surface area contributed by atoms with Crippen molar-refractivity contribution < 1.29 is 14.3 Å². The average Bonchev–Trinajstić information content (AvgIpc) is 3.05. The molecule has 8 heteroatoms. The maximum absolute atomic E-state index is 13.3. The molecule has 3 rings (SSSR count). The van der Waals surface area contributed by atoms with Crippen LogP contribution in [0.5, 0.6) is 0 Å². The van der Waals surface area contributed by atoms with Gasteiger partial charge in [0, 0.05) is 11.8 Å². The highest BCUT2D eigenvalue weighted by molar-refractivity contribution is 6.17. The maximum atomic E-state index is 13.3. The van der Waals surface area contributed by atoms with Crippen LogP contribution in [0.3, 0.4) is 0 Å². The summed E-state index contributed by atoms with van der Waals surface area (Å²) in [4.78, 5) is 15.9. The highest BCUT2D eigenvalue weighted by Gasteiger charge is 2.27. The number of imidazole rings is 1. The van der Waals surface area contributed by atoms with Crippen molar-refractivity contribution in [2.24, 2.45) is 0 Å². The van der Waals surface area contributed by atoms with E-state index < -0.39 is 12.1 Å². The monoisotopic (exact) mass is 376 g/mol. The van der Waals surface area contributed by atoms with Gasteiger partial charge in [0.2, 0.25) is 0 Å². The van der Waals surface area contributed by atoms with Gasteiger partial charge in [-0.1, -0.05) is 19.1 Å². The molecular weight excluding hydrogens is 359 g/mol. The lowest BCUT2D eigenvalue weighted by atomic mass is 9.87. The fourth-order valence-electron chi connectivity index (χ4n) is 3.04. The Kier molecular flexibility index (Phi) is 5.37. The zero-order chi connectivity index (χ0) is 18.7. The smallest absolute Gasteiger partial charge is 0.405 e. The van der Waals surface area contributed by atoms with Crippen LogP contribution in [0.25, 0.3) is 5.65 Å². The van der Waals surface area contributed by atoms with Crippen molar-refractivity contribution >= 4 is 23.3 Å². The zero-order valence-electron chi connectivity index (χ0n) is 14.1. The first-order chi connectivity index (χ1) is 12.5. The minimum absolute atomic E-state index is 0.205. The van der Waals surface area contributed by atoms with Gasteiger partial charge in [-0.15, -0.1) is 11.6 Å². The number of hydrogen-bond donors (Lipinski definition) is 2. The number of carbonyl (C=O) groups is 1. The molecule has 2 aromatic heterocycles. The first-order valence-electron chi connectivity index (χ1n) is 8.17. The van der Waals surface area contributed by atoms with E-state index in [0.717, 1.165) is 11.1 Å². The van der Waals surface area contributed by atoms with Gasteiger partial charge < -0.3 is 10.4 Å². The lowest BCUT2D eigenvalue weighted by molar-refractivity contribution is 0.187. The first-order valence-corrected chi connectivity index (χ1v) is 8.70. The van der Waals surface area contributed by atoms with Crippen LogP contribution in [-0.2, 0) is 5.88 Å². The molecule has 3 aromatic rings. The number of halogens is 2. The number of aromatic nitrogens is 3. The molecule has 0 spiro atoms. The van der Waals surface area contributed by atoms with Crippen LogP contribution < -0.4 is 5.32 Å². The van der Waals surface area contributed by atoms with Gasteiger partial charge in [-0.2, -0.15) is 5.10 Å². The molecule has 2 N–H and O–H groups in total. The molecule has 136 valence electrons. The third kappa shape index (κ3) is 3.77. The summed E-state index contributed by atoms with van der Waals surface area (Å²) in [6.45, 7) is 1.95. The number of carboxylic acid groups (broad SMARTS) is 1. The Balaban J connectivity index is 2.03. The van der Waals surface area contributed by atoms with Gasteiger partial charge >= 0.3 is 6.09 Å². The molecule has 0 fully saturated rings. The number of nitrogens with zero attached hydrogens (tertiary/aromatic N) is 3. The Bertz CT molecular complexity index is 913. The molecule has 1 aromatic carbocycles. The topological polar surface area (TPSA) is 79.5 Å². The second kappa shape index (κ2) is 7.70. The summed E-state index contributed by atoms with van der Waals surface area (Å²) >= 11 is 5.83. The molecule has 0 bridgehead atoms. The van der Waals surface area contributed by atoms with Crippen LogP contribution in [0.2, 0.25) is 0 Å². The second-order valence-electron chi connectivity index (χ2n) is 5.96. The number of benzene rings is 1. The summed E-state index contributed by atoms with van der Waals surface area (Å²) in [6, 6.07) is 7.28. The van der Waals surface area contributed by atoms with E-state index in [9.17, 15) is 14.3 Å². The van der Waals surface area contributed by atoms with Crippen molar-refractivity contribution in [2.75, 3.05) is 0 Å². The van der Waals surface area contributed by atoms with Crippen molar-refractivity contribution in [3.8, 4) is 0 Å². The maximum Gasteiger partial charge on any atom is 0.405 e. The van der Waals surface area contributed by atoms with E-state index in [0.29, 0.717) is 23.6 Å². The predicted molar refractivity (Wildman–Crippen MR) is 95.9 cm³/mol. The standard InChI is InChI=1S/C18H18ClFN4O2/c1-2-14(12-3-5-13(20)6-4-12)17(23-18(25)26)15-10-24-16(22-15)7-11(8-19)9-21-24/h3-7,9-10,14,17,23H,2,8H2,1H3,(H,25,26). The van der Waals surface area contributed by atoms with E-state index in [2.05, 4.69) is 15.4 Å². The van der Waals surface area contributed by atoms with Crippen LogP contribution >= 0.6 is 11.6 Å². The van der Waals surface area contributed by atoms with Crippen LogP contribution in [0.1, 0.15) is 42.1 Å². The molecule has 2 heterocycles. The number of alkyl halides is 1. The van der Waals surface area contributed by atoms with Crippen LogP contribution in [0.4, 0.5) is 9.18 Å². The lowest BCUT2D eigenvalue weighted by Gasteiger charge is -2.25. The third-order valence-electron chi connectivity index (χ3n) is 4.29. The Hall–Kier alpha value is -2.67. The number of amides is 1. The molecular formula is C18H18ClFN4O2. The molecule has 0 saturated carbocycles. The molecule has 0 saturated heterocycles. The molecule has 26 heavy (non-hydrogen) atoms. The third-order valence-corrected chi connectivity index (χ3v) is 4.60. The summed E-state index contributed by atoms with van der Waals surface area (Å²) < 4.78 is 14.8. The number of rotatable bonds is 6. The molecule has 2 atom stereocenters. The van der Waals surface area contributed by atoms with Gasteiger partial charge in [-0.25, -0.2) is 18.7 Å². The molecule has 0 aliphatic heterocycles. The molecule has 0 aliphatic carbocycles. The summed E-state index contributed by atoms with van der Waals surface area (Å²) in [7, 11) is 0. The van der Waals surface area contributed by atoms with Crippen molar-refractivity contribution in [3.05, 3.63) is 65.4 Å². The quantitative estimate of drug-likeness (QED) is 0.634. The fraction of sp³-hybridized carbons (Fsp3) is 0.278. The second-order valence-corrected chi connectivity index (χ2v) is 6.23. The zero-order valence-corrected chi connectivity index (χ0v) is 14.8. The van der Waals surface area contributed by atoms with E-state index in [-0.39, 0.29) is 11.7 Å². The highest BCUT2D eigenvalue weighted by atomic mass is 35.5. The average molecular weight is 377 g/mol. The molecule has 6 nitrogen and oxygen atoms in total. The minimum atomic E-state index is -1.15. The van der Waals surface area contributed by atoms with E-state index in [1.165, 1.54) is 12.1 Å². The van der Waals surface area contributed by atoms with Crippen LogP contribution in [0.15, 0.2) is 42.7 Å². The van der Waals surface area contributed by atoms with E-state index in [1.54, 1.807) is 35.1 Å². The molecule has 0 aliphatic rings. The molecule has 0 radical (unpaired) electrons. The molecule has 1 amide bonds. The van der Waals surface area contributed by atoms with E-state index in [1.807, 2.05) is 6.92 Å². The van der Waals surface area contributed by atoms with Gasteiger partial charge in [-0.3, -0.25) is 0 Å². The van der Waals surface area contributed by atoms with Crippen LogP contribution in [-0.4, -0.2) is 25.8 Å². The normalized spacial score (nSPS) is 13.5. The predicted octanol–water partition coefficient (Wildman–Crippen LogP) is 4.11. The van der Waals surface area contributed by atoms with Crippen molar-refractivity contribution in [2.45, 2.75) is 31.2 Å². The van der Waals surface area contributed by atoms with E-state index in [4.69, 9.17) is 11.6 Å². The van der Waals surface area contributed by atoms with Gasteiger partial charge in [0.15, 0.2) is 5.65 Å². The summed E-state index contributed by atoms with van der Waals surface area (Å²) in [6.07, 6.45) is 2.83. The number of fused-ring (bicyclic) bond motifs is 1. The van der Waals surface area contributed by atoms with Gasteiger partial charge in [0.1, 0.15) is 5.82 Å². The lowest BCUT2D eigenvalue weighted by Crippen LogP contribution is -2.31. The Morgan fingerprint density at radius 1 is 1.38 bits per heavy atom. The van der Waals surface area contributed by atoms with Gasteiger partial charge in [0.05, 0.1) is 24.1 Å². The summed E-state index contributed by atoms with van der Waals surface area (Å²) in [5, 5.41) is 16.1. The van der Waals surface area contributed by atoms with Crippen molar-refractivity contribution in [1.29, 1.82) is 0 Å². The first kappa shape index (κ1) is 18.1. The fourth-order valence-corrected chi connectivity index (χ4v) is 3.19. The SMILES string of the molecule is CCC(c1ccc(F)cc1)C(NC(=O)O)c1cn2ncc(CCl)cc2n1. The Labute approximate surface area is 154 Å². The van der Waals surface area contributed by atoms with E-state index >= 15 is 0 Å². The van der Waals surface area contributed by atoms with Gasteiger partial charge in [-0.05, 0) is 35.7 Å². The van der Waals surface area contributed by atoms with Gasteiger partial charge in [0.25, 0.3) is 0 Å². The summed E-state index contributed by atoms with van der Waals surface area (Å²) in [5.41, 5.74) is 2.79. The number of hydrogen-bond acceptors (Lipinski definition) is 3. The molecule has 2 unspecified atom stereocenters.